The molecular weight excluding hydrogens is 717 g/mol. The maximum atomic E-state index is 13.9. The summed E-state index contributed by atoms with van der Waals surface area (Å²) in [6.45, 7) is 5.82. The number of carboxylic acid groups (broad SMARTS) is 2. The number of fused-ring (bicyclic) bond motifs is 1. The zero-order valence-electron chi connectivity index (χ0n) is 31.7. The molecular formula is C43H50N4O7S. The number of carbonyl (C=O) groups excluding carboxylic acids is 3. The Morgan fingerprint density at radius 3 is 2.11 bits per heavy atom. The lowest BCUT2D eigenvalue weighted by Crippen LogP contribution is -2.40. The minimum Gasteiger partial charge on any atom is -0.481 e. The molecule has 1 aliphatic rings. The number of amides is 3. The molecule has 5 rings (SSSR count). The minimum atomic E-state index is -0.995. The van der Waals surface area contributed by atoms with Crippen LogP contribution in [-0.2, 0) is 41.8 Å². The second-order valence-electron chi connectivity index (χ2n) is 14.2. The topological polar surface area (TPSA) is 156 Å². The van der Waals surface area contributed by atoms with Gasteiger partial charge >= 0.3 is 11.9 Å². The second-order valence-corrected chi connectivity index (χ2v) is 15.3. The molecule has 0 radical (unpaired) electrons. The molecule has 1 atom stereocenters. The third-order valence-corrected chi connectivity index (χ3v) is 11.4. The van der Waals surface area contributed by atoms with Gasteiger partial charge in [-0.1, -0.05) is 43.3 Å². The van der Waals surface area contributed by atoms with E-state index in [1.54, 1.807) is 30.1 Å². The lowest BCUT2D eigenvalue weighted by Gasteiger charge is -2.30. The fraction of sp³-hybridized carbons (Fsp3) is 0.372. The summed E-state index contributed by atoms with van der Waals surface area (Å²) in [5.41, 5.74) is 5.99. The fourth-order valence-electron chi connectivity index (χ4n) is 6.69. The highest BCUT2D eigenvalue weighted by Crippen LogP contribution is 2.39. The molecule has 0 saturated carbocycles. The van der Waals surface area contributed by atoms with E-state index in [2.05, 4.69) is 29.4 Å². The van der Waals surface area contributed by atoms with E-state index in [0.29, 0.717) is 41.4 Å². The van der Waals surface area contributed by atoms with Crippen LogP contribution in [0.2, 0.25) is 0 Å². The van der Waals surface area contributed by atoms with Crippen LogP contribution in [0.3, 0.4) is 0 Å². The van der Waals surface area contributed by atoms with Crippen molar-refractivity contribution in [2.45, 2.75) is 84.2 Å². The summed E-state index contributed by atoms with van der Waals surface area (Å²) >= 11 is 1.47. The Hall–Kier alpha value is -5.33. The summed E-state index contributed by atoms with van der Waals surface area (Å²) in [4.78, 5) is 67.1. The molecule has 3 aromatic carbocycles. The average Bonchev–Trinajstić information content (AvgIpc) is 3.55. The molecule has 0 fully saturated rings. The number of aromatic carboxylic acids is 1. The van der Waals surface area contributed by atoms with Crippen molar-refractivity contribution in [1.82, 2.24) is 9.80 Å². The third kappa shape index (κ3) is 11.3. The predicted octanol–water partition coefficient (Wildman–Crippen LogP) is 7.54. The van der Waals surface area contributed by atoms with E-state index in [0.717, 1.165) is 72.1 Å². The van der Waals surface area contributed by atoms with E-state index in [1.807, 2.05) is 54.6 Å². The van der Waals surface area contributed by atoms with Crippen LogP contribution >= 0.6 is 11.3 Å². The lowest BCUT2D eigenvalue weighted by molar-refractivity contribution is -0.140. The molecule has 0 unspecified atom stereocenters. The molecule has 1 aromatic heterocycles. The van der Waals surface area contributed by atoms with Gasteiger partial charge in [-0.2, -0.15) is 0 Å². The van der Waals surface area contributed by atoms with Crippen LogP contribution < -0.4 is 10.6 Å². The summed E-state index contributed by atoms with van der Waals surface area (Å²) < 4.78 is 0. The maximum Gasteiger partial charge on any atom is 0.335 e. The number of likely N-dealkylation sites (N-methyl/N-ethyl adjacent to an activating group) is 1. The number of nitrogens with one attached hydrogen (secondary N) is 2. The highest BCUT2D eigenvalue weighted by molar-refractivity contribution is 7.17. The number of aryl methyl sites for hydroxylation is 3. The number of benzene rings is 3. The van der Waals surface area contributed by atoms with Crippen molar-refractivity contribution < 1.29 is 34.2 Å². The van der Waals surface area contributed by atoms with Crippen molar-refractivity contribution >= 4 is 51.7 Å². The van der Waals surface area contributed by atoms with E-state index in [1.165, 1.54) is 11.3 Å². The molecule has 0 saturated heterocycles. The van der Waals surface area contributed by atoms with Crippen LogP contribution in [0.15, 0.2) is 72.8 Å². The Bertz CT molecular complexity index is 1990. The van der Waals surface area contributed by atoms with E-state index in [4.69, 9.17) is 10.2 Å². The van der Waals surface area contributed by atoms with Crippen LogP contribution in [0.1, 0.15) is 104 Å². The first-order valence-electron chi connectivity index (χ1n) is 18.9. The van der Waals surface area contributed by atoms with Crippen LogP contribution in [0.4, 0.5) is 10.7 Å². The Morgan fingerprint density at radius 2 is 1.45 bits per heavy atom. The fourth-order valence-corrected chi connectivity index (χ4v) is 7.97. The number of rotatable bonds is 18. The van der Waals surface area contributed by atoms with E-state index in [-0.39, 0.29) is 42.2 Å². The van der Waals surface area contributed by atoms with Gasteiger partial charge in [0.2, 0.25) is 5.91 Å². The first-order valence-corrected chi connectivity index (χ1v) is 19.7. The van der Waals surface area contributed by atoms with E-state index < -0.39 is 11.9 Å². The molecule has 11 nitrogen and oxygen atoms in total. The van der Waals surface area contributed by atoms with Crippen molar-refractivity contribution in [1.29, 1.82) is 0 Å². The van der Waals surface area contributed by atoms with Crippen molar-refractivity contribution in [2.24, 2.45) is 0 Å². The van der Waals surface area contributed by atoms with Crippen LogP contribution in [0.25, 0.3) is 0 Å². The number of hydrogen-bond acceptors (Lipinski definition) is 7. The number of aliphatic carboxylic acids is 1. The van der Waals surface area contributed by atoms with Crippen LogP contribution in [0.5, 0.6) is 0 Å². The molecule has 3 amide bonds. The van der Waals surface area contributed by atoms with Gasteiger partial charge < -0.3 is 25.7 Å². The molecule has 290 valence electrons. The van der Waals surface area contributed by atoms with Gasteiger partial charge in [0.1, 0.15) is 5.00 Å². The van der Waals surface area contributed by atoms with Gasteiger partial charge in [0.25, 0.3) is 11.8 Å². The molecule has 0 bridgehead atoms. The highest BCUT2D eigenvalue weighted by Gasteiger charge is 2.27. The zero-order valence-corrected chi connectivity index (χ0v) is 32.5. The molecule has 1 heterocycles. The highest BCUT2D eigenvalue weighted by atomic mass is 32.1. The Morgan fingerprint density at radius 1 is 0.782 bits per heavy atom. The van der Waals surface area contributed by atoms with Gasteiger partial charge in [-0.15, -0.1) is 11.3 Å². The molecule has 0 spiro atoms. The van der Waals surface area contributed by atoms with E-state index >= 15 is 0 Å². The Kier molecular flexibility index (Phi) is 14.3. The summed E-state index contributed by atoms with van der Waals surface area (Å²) in [6.07, 6.45) is 5.84. The summed E-state index contributed by atoms with van der Waals surface area (Å²) in [5.74, 6) is -2.70. The number of anilines is 2. The summed E-state index contributed by atoms with van der Waals surface area (Å²) in [5, 5.41) is 24.7. The average molecular weight is 767 g/mol. The Balaban J connectivity index is 1.24. The van der Waals surface area contributed by atoms with Gasteiger partial charge in [0, 0.05) is 55.3 Å². The first-order chi connectivity index (χ1) is 26.4. The van der Waals surface area contributed by atoms with Crippen molar-refractivity contribution in [3.63, 3.8) is 0 Å². The summed E-state index contributed by atoms with van der Waals surface area (Å²) in [6, 6.07) is 22.3. The van der Waals surface area contributed by atoms with Crippen molar-refractivity contribution in [3.8, 4) is 0 Å². The number of carbonyl (C=O) groups is 5. The molecule has 0 aliphatic heterocycles. The summed E-state index contributed by atoms with van der Waals surface area (Å²) in [7, 11) is 1.69. The number of nitrogens with zero attached hydrogens (tertiary/aromatic N) is 2. The number of thiophene rings is 1. The quantitative estimate of drug-likeness (QED) is 0.0810. The van der Waals surface area contributed by atoms with E-state index in [9.17, 15) is 24.0 Å². The monoisotopic (exact) mass is 766 g/mol. The lowest BCUT2D eigenvalue weighted by atomic mass is 9.95. The molecule has 12 heteroatoms. The van der Waals surface area contributed by atoms with Crippen LogP contribution in [-0.4, -0.2) is 75.9 Å². The van der Waals surface area contributed by atoms with Gasteiger partial charge in [0.05, 0.1) is 17.5 Å². The number of carboxylic acids is 2. The standard InChI is InChI=1S/C43H50N4O7S/c1-4-28(2)47(25-24-46(3)37(48)22-23-38(49)50)27-31-8-7-9-33(26-31)40(51)45-42-39(35-10-5-6-11-36(35)55-42)41(52)44-34-20-16-30(17-21-34)13-12-29-14-18-32(19-15-29)43(53)54/h7-9,14-21,26,28H,4-6,10-13,22-25,27H2,1-3H3,(H,44,52)(H,45,51)(H,49,50)(H,53,54)/t28-/m1/s1. The molecule has 4 N–H and O–H groups in total. The van der Waals surface area contributed by atoms with Crippen molar-refractivity contribution in [2.75, 3.05) is 30.8 Å². The smallest absolute Gasteiger partial charge is 0.335 e. The van der Waals surface area contributed by atoms with Gasteiger partial charge in [-0.25, -0.2) is 4.79 Å². The second kappa shape index (κ2) is 19.3. The van der Waals surface area contributed by atoms with Crippen molar-refractivity contribution in [3.05, 3.63) is 117 Å². The minimum absolute atomic E-state index is 0.0347. The molecule has 4 aromatic rings. The molecule has 55 heavy (non-hydrogen) atoms. The largest absolute Gasteiger partial charge is 0.481 e. The van der Waals surface area contributed by atoms with Gasteiger partial charge in [-0.05, 0) is 111 Å². The van der Waals surface area contributed by atoms with Gasteiger partial charge in [0.15, 0.2) is 0 Å². The van der Waals surface area contributed by atoms with Gasteiger partial charge in [-0.3, -0.25) is 24.1 Å². The number of hydrogen-bond donors (Lipinski definition) is 4. The predicted molar refractivity (Wildman–Crippen MR) is 215 cm³/mol. The first kappa shape index (κ1) is 40.8. The normalized spacial score (nSPS) is 12.8. The maximum absolute atomic E-state index is 13.9. The zero-order chi connectivity index (χ0) is 39.5. The third-order valence-electron chi connectivity index (χ3n) is 10.2. The SMILES string of the molecule is CC[C@@H](C)N(CCN(C)C(=O)CCC(=O)O)Cc1cccc(C(=O)Nc2sc3c(c2C(=O)Nc2ccc(CCc4ccc(C(=O)O)cc4)cc2)CCCC3)c1. The van der Waals surface area contributed by atoms with Crippen LogP contribution in [0, 0.1) is 0 Å². The Labute approximate surface area is 326 Å². The molecule has 1 aliphatic carbocycles.